The first-order valence-electron chi connectivity index (χ1n) is 9.45. The van der Waals surface area contributed by atoms with E-state index >= 15 is 0 Å². The Morgan fingerprint density at radius 3 is 2.75 bits per heavy atom. The van der Waals surface area contributed by atoms with Gasteiger partial charge in [0.2, 0.25) is 11.8 Å². The van der Waals surface area contributed by atoms with Crippen molar-refractivity contribution in [3.63, 3.8) is 0 Å². The van der Waals surface area contributed by atoms with Gasteiger partial charge in [-0.3, -0.25) is 14.4 Å². The second kappa shape index (κ2) is 7.71. The molecule has 8 heteroatoms. The van der Waals surface area contributed by atoms with Crippen LogP contribution in [0.25, 0.3) is 0 Å². The number of hydrogen-bond acceptors (Lipinski definition) is 5. The fourth-order valence-electron chi connectivity index (χ4n) is 3.57. The third kappa shape index (κ3) is 3.91. The average molecular weight is 398 g/mol. The van der Waals surface area contributed by atoms with Crippen molar-refractivity contribution in [2.45, 2.75) is 32.2 Å². The predicted molar refractivity (Wildman–Crippen MR) is 107 cm³/mol. The lowest BCUT2D eigenvalue weighted by atomic mass is 10.1. The molecule has 1 saturated carbocycles. The van der Waals surface area contributed by atoms with Crippen LogP contribution in [0.1, 0.15) is 36.5 Å². The van der Waals surface area contributed by atoms with Gasteiger partial charge in [0.15, 0.2) is 5.13 Å². The second-order valence-electron chi connectivity index (χ2n) is 7.37. The average Bonchev–Trinajstić information content (AvgIpc) is 3.07. The first kappa shape index (κ1) is 18.6. The molecular formula is C20H22N4O3S. The van der Waals surface area contributed by atoms with Gasteiger partial charge < -0.3 is 15.5 Å². The molecule has 0 radical (unpaired) electrons. The van der Waals surface area contributed by atoms with Crippen LogP contribution < -0.4 is 10.6 Å². The third-order valence-corrected chi connectivity index (χ3v) is 5.99. The molecule has 1 saturated heterocycles. The summed E-state index contributed by atoms with van der Waals surface area (Å²) in [5.74, 6) is 0.0722. The molecule has 2 N–H and O–H groups in total. The summed E-state index contributed by atoms with van der Waals surface area (Å²) in [5, 5.41) is 7.98. The number of anilines is 2. The summed E-state index contributed by atoms with van der Waals surface area (Å²) in [4.78, 5) is 43.4. The van der Waals surface area contributed by atoms with Gasteiger partial charge in [-0.2, -0.15) is 0 Å². The molecule has 3 amide bonds. The summed E-state index contributed by atoms with van der Waals surface area (Å²) < 4.78 is 0. The normalized spacial score (nSPS) is 23.3. The zero-order valence-corrected chi connectivity index (χ0v) is 16.4. The number of nitrogens with zero attached hydrogens (tertiary/aromatic N) is 2. The van der Waals surface area contributed by atoms with Gasteiger partial charge in [0, 0.05) is 35.3 Å². The highest BCUT2D eigenvalue weighted by Crippen LogP contribution is 2.38. The summed E-state index contributed by atoms with van der Waals surface area (Å²) in [7, 11) is 0. The van der Waals surface area contributed by atoms with E-state index in [1.165, 1.54) is 11.3 Å². The van der Waals surface area contributed by atoms with Gasteiger partial charge in [0.1, 0.15) is 6.04 Å². The van der Waals surface area contributed by atoms with Crippen molar-refractivity contribution in [2.24, 2.45) is 11.8 Å². The summed E-state index contributed by atoms with van der Waals surface area (Å²) >= 11 is 1.34. The highest BCUT2D eigenvalue weighted by Gasteiger charge is 2.39. The van der Waals surface area contributed by atoms with E-state index in [2.05, 4.69) is 22.5 Å². The minimum Gasteiger partial charge on any atom is -0.327 e. The van der Waals surface area contributed by atoms with Crippen LogP contribution >= 0.6 is 11.3 Å². The van der Waals surface area contributed by atoms with E-state index in [9.17, 15) is 14.4 Å². The molecule has 7 nitrogen and oxygen atoms in total. The zero-order chi connectivity index (χ0) is 19.7. The zero-order valence-electron chi connectivity index (χ0n) is 15.6. The van der Waals surface area contributed by atoms with Crippen molar-refractivity contribution in [3.8, 4) is 0 Å². The molecule has 1 aliphatic heterocycles. The first-order valence-corrected chi connectivity index (χ1v) is 10.3. The molecule has 0 bridgehead atoms. The highest BCUT2D eigenvalue weighted by atomic mass is 32.1. The van der Waals surface area contributed by atoms with Gasteiger partial charge in [0.25, 0.3) is 5.91 Å². The van der Waals surface area contributed by atoms with Crippen molar-refractivity contribution < 1.29 is 14.4 Å². The van der Waals surface area contributed by atoms with E-state index in [-0.39, 0.29) is 23.6 Å². The predicted octanol–water partition coefficient (Wildman–Crippen LogP) is 2.98. The van der Waals surface area contributed by atoms with Crippen LogP contribution in [0.3, 0.4) is 0 Å². The molecule has 4 rings (SSSR count). The minimum absolute atomic E-state index is 0.000950. The summed E-state index contributed by atoms with van der Waals surface area (Å²) in [6, 6.07) is 6.41. The summed E-state index contributed by atoms with van der Waals surface area (Å²) in [6.07, 6.45) is 3.94. The van der Waals surface area contributed by atoms with Gasteiger partial charge in [-0.05, 0) is 43.4 Å². The molecule has 1 aliphatic carbocycles. The lowest BCUT2D eigenvalue weighted by molar-refractivity contribution is -0.120. The van der Waals surface area contributed by atoms with E-state index < -0.39 is 6.04 Å². The fourth-order valence-corrected chi connectivity index (χ4v) is 4.11. The number of amides is 3. The van der Waals surface area contributed by atoms with Crippen LogP contribution in [-0.2, 0) is 9.59 Å². The van der Waals surface area contributed by atoms with Gasteiger partial charge in [-0.25, -0.2) is 4.98 Å². The maximum Gasteiger partial charge on any atom is 0.254 e. The number of aromatic nitrogens is 1. The van der Waals surface area contributed by atoms with Crippen molar-refractivity contribution in [2.75, 3.05) is 17.2 Å². The minimum atomic E-state index is -0.512. The first-order chi connectivity index (χ1) is 13.5. The van der Waals surface area contributed by atoms with Crippen molar-refractivity contribution in [3.05, 3.63) is 41.4 Å². The maximum absolute atomic E-state index is 13.0. The number of carbonyl (C=O) groups excluding carboxylic acids is 3. The summed E-state index contributed by atoms with van der Waals surface area (Å²) in [6.45, 7) is 2.58. The van der Waals surface area contributed by atoms with E-state index in [1.807, 2.05) is 0 Å². The van der Waals surface area contributed by atoms with Crippen molar-refractivity contribution in [1.29, 1.82) is 0 Å². The number of likely N-dealkylation sites (tertiary alicyclic amines) is 1. The fraction of sp³-hybridized carbons (Fsp3) is 0.400. The number of thiazole rings is 1. The smallest absolute Gasteiger partial charge is 0.254 e. The molecule has 0 spiro atoms. The van der Waals surface area contributed by atoms with Crippen LogP contribution in [0.5, 0.6) is 0 Å². The van der Waals surface area contributed by atoms with Gasteiger partial charge in [-0.15, -0.1) is 11.3 Å². The van der Waals surface area contributed by atoms with E-state index in [0.29, 0.717) is 35.3 Å². The Morgan fingerprint density at radius 2 is 2.04 bits per heavy atom. The van der Waals surface area contributed by atoms with Gasteiger partial charge in [0.05, 0.1) is 0 Å². The molecule has 2 fully saturated rings. The molecule has 3 unspecified atom stereocenters. The molecular weight excluding hydrogens is 376 g/mol. The number of nitrogens with one attached hydrogen (secondary N) is 2. The largest absolute Gasteiger partial charge is 0.327 e. The quantitative estimate of drug-likeness (QED) is 0.810. The Balaban J connectivity index is 1.44. The topological polar surface area (TPSA) is 91.4 Å². The SMILES string of the molecule is CC1CC1C(=O)Nc1cccc(C(=O)N2CCCC2C(=O)Nc2nccs2)c1. The highest BCUT2D eigenvalue weighted by molar-refractivity contribution is 7.13. The molecule has 3 atom stereocenters. The molecule has 2 heterocycles. The standard InChI is InChI=1S/C20H22N4O3S/c1-12-10-15(12)17(25)22-14-5-2-4-13(11-14)19(27)24-8-3-6-16(24)18(26)23-20-21-7-9-28-20/h2,4-5,7,9,11-12,15-16H,3,6,8,10H2,1H3,(H,22,25)(H,21,23,26). The van der Waals surface area contributed by atoms with Crippen molar-refractivity contribution >= 4 is 39.9 Å². The number of benzene rings is 1. The van der Waals surface area contributed by atoms with Crippen LogP contribution in [0.15, 0.2) is 35.8 Å². The van der Waals surface area contributed by atoms with Gasteiger partial charge >= 0.3 is 0 Å². The Labute approximate surface area is 167 Å². The molecule has 1 aromatic heterocycles. The Hall–Kier alpha value is -2.74. The van der Waals surface area contributed by atoms with Crippen LogP contribution in [0, 0.1) is 11.8 Å². The maximum atomic E-state index is 13.0. The molecule has 1 aromatic carbocycles. The number of carbonyl (C=O) groups is 3. The van der Waals surface area contributed by atoms with Gasteiger partial charge in [-0.1, -0.05) is 13.0 Å². The lowest BCUT2D eigenvalue weighted by Crippen LogP contribution is -2.43. The Bertz CT molecular complexity index is 899. The number of hydrogen-bond donors (Lipinski definition) is 2. The lowest BCUT2D eigenvalue weighted by Gasteiger charge is -2.24. The Morgan fingerprint density at radius 1 is 1.21 bits per heavy atom. The third-order valence-electron chi connectivity index (χ3n) is 5.30. The molecule has 2 aromatic rings. The molecule has 146 valence electrons. The molecule has 28 heavy (non-hydrogen) atoms. The van der Waals surface area contributed by atoms with E-state index in [1.54, 1.807) is 40.7 Å². The monoisotopic (exact) mass is 398 g/mol. The van der Waals surface area contributed by atoms with Crippen LogP contribution in [-0.4, -0.2) is 40.2 Å². The second-order valence-corrected chi connectivity index (χ2v) is 8.27. The van der Waals surface area contributed by atoms with Crippen molar-refractivity contribution in [1.82, 2.24) is 9.88 Å². The van der Waals surface area contributed by atoms with Crippen LogP contribution in [0.2, 0.25) is 0 Å². The summed E-state index contributed by atoms with van der Waals surface area (Å²) in [5.41, 5.74) is 1.08. The van der Waals surface area contributed by atoms with Crippen LogP contribution in [0.4, 0.5) is 10.8 Å². The number of rotatable bonds is 5. The Kier molecular flexibility index (Phi) is 5.13. The molecule has 2 aliphatic rings. The van der Waals surface area contributed by atoms with E-state index in [4.69, 9.17) is 0 Å². The van der Waals surface area contributed by atoms with E-state index in [0.717, 1.165) is 12.8 Å².